The van der Waals surface area contributed by atoms with Gasteiger partial charge in [0, 0.05) is 31.2 Å². The summed E-state index contributed by atoms with van der Waals surface area (Å²) in [6.45, 7) is 6.10. The Bertz CT molecular complexity index is 1220. The van der Waals surface area contributed by atoms with Crippen molar-refractivity contribution in [1.82, 2.24) is 9.80 Å². The first-order valence-corrected chi connectivity index (χ1v) is 11.2. The van der Waals surface area contributed by atoms with Crippen molar-refractivity contribution in [2.75, 3.05) is 26.7 Å². The molecule has 0 spiro atoms. The molecule has 0 aliphatic carbocycles. The van der Waals surface area contributed by atoms with E-state index in [0.29, 0.717) is 19.6 Å². The number of hydrogen-bond donors (Lipinski definition) is 0. The molecule has 0 unspecified atom stereocenters. The molecule has 0 N–H and O–H groups in total. The van der Waals surface area contributed by atoms with Crippen LogP contribution in [0.15, 0.2) is 71.7 Å². The zero-order chi connectivity index (χ0) is 22.9. The molecule has 2 heterocycles. The smallest absolute Gasteiger partial charge is 0.254 e. The van der Waals surface area contributed by atoms with Crippen molar-refractivity contribution in [3.8, 4) is 17.2 Å². The van der Waals surface area contributed by atoms with Gasteiger partial charge < -0.3 is 19.3 Å². The molecule has 0 saturated carbocycles. The van der Waals surface area contributed by atoms with Crippen LogP contribution >= 0.6 is 0 Å². The van der Waals surface area contributed by atoms with Crippen LogP contribution in [0, 0.1) is 6.92 Å². The SMILES string of the molecule is COc1ccc2c(c1)C(N1CCN(C(=O)c3ccccc3)[C@H](C)C1)=Nc1ccc(C)cc1O2. The Morgan fingerprint density at radius 3 is 2.61 bits per heavy atom. The molecule has 0 bridgehead atoms. The van der Waals surface area contributed by atoms with Crippen LogP contribution in [0.2, 0.25) is 0 Å². The van der Waals surface area contributed by atoms with Gasteiger partial charge in [0.1, 0.15) is 23.0 Å². The van der Waals surface area contributed by atoms with Crippen molar-refractivity contribution in [2.45, 2.75) is 19.9 Å². The Morgan fingerprint density at radius 2 is 1.85 bits per heavy atom. The predicted octanol–water partition coefficient (Wildman–Crippen LogP) is 5.03. The van der Waals surface area contributed by atoms with Crippen molar-refractivity contribution >= 4 is 17.4 Å². The van der Waals surface area contributed by atoms with E-state index in [-0.39, 0.29) is 11.9 Å². The highest BCUT2D eigenvalue weighted by molar-refractivity contribution is 6.04. The summed E-state index contributed by atoms with van der Waals surface area (Å²) >= 11 is 0. The number of nitrogens with zero attached hydrogens (tertiary/aromatic N) is 3. The quantitative estimate of drug-likeness (QED) is 0.560. The van der Waals surface area contributed by atoms with Crippen molar-refractivity contribution < 1.29 is 14.3 Å². The van der Waals surface area contributed by atoms with Gasteiger partial charge in [0.05, 0.1) is 12.7 Å². The lowest BCUT2D eigenvalue weighted by atomic mass is 10.1. The molecule has 33 heavy (non-hydrogen) atoms. The maximum Gasteiger partial charge on any atom is 0.254 e. The van der Waals surface area contributed by atoms with Crippen LogP contribution in [-0.2, 0) is 0 Å². The molecule has 3 aromatic carbocycles. The van der Waals surface area contributed by atoms with Crippen LogP contribution in [0.25, 0.3) is 0 Å². The van der Waals surface area contributed by atoms with E-state index < -0.39 is 0 Å². The minimum absolute atomic E-state index is 0.0323. The third-order valence-corrected chi connectivity index (χ3v) is 6.20. The molecule has 1 atom stereocenters. The highest BCUT2D eigenvalue weighted by atomic mass is 16.5. The topological polar surface area (TPSA) is 54.4 Å². The van der Waals surface area contributed by atoms with E-state index in [1.54, 1.807) is 7.11 Å². The lowest BCUT2D eigenvalue weighted by molar-refractivity contribution is 0.0581. The fraction of sp³-hybridized carbons (Fsp3) is 0.259. The molecule has 0 aromatic heterocycles. The van der Waals surface area contributed by atoms with Crippen molar-refractivity contribution in [3.63, 3.8) is 0 Å². The fourth-order valence-corrected chi connectivity index (χ4v) is 4.43. The fourth-order valence-electron chi connectivity index (χ4n) is 4.43. The number of carbonyl (C=O) groups excluding carboxylic acids is 1. The Labute approximate surface area is 194 Å². The summed E-state index contributed by atoms with van der Waals surface area (Å²) < 4.78 is 11.8. The number of benzene rings is 3. The van der Waals surface area contributed by atoms with Crippen LogP contribution in [-0.4, -0.2) is 54.3 Å². The molecule has 6 nitrogen and oxygen atoms in total. The second-order valence-electron chi connectivity index (χ2n) is 8.53. The number of piperazine rings is 1. The van der Waals surface area contributed by atoms with Gasteiger partial charge in [-0.2, -0.15) is 0 Å². The number of amidine groups is 1. The Hall–Kier alpha value is -3.80. The number of methoxy groups -OCH3 is 1. The molecular formula is C27H27N3O3. The average molecular weight is 442 g/mol. The molecule has 1 fully saturated rings. The number of rotatable bonds is 2. The summed E-state index contributed by atoms with van der Waals surface area (Å²) in [7, 11) is 1.66. The molecule has 2 aliphatic heterocycles. The molecule has 1 saturated heterocycles. The van der Waals surface area contributed by atoms with Crippen molar-refractivity contribution in [1.29, 1.82) is 0 Å². The highest BCUT2D eigenvalue weighted by Gasteiger charge is 2.32. The van der Waals surface area contributed by atoms with E-state index in [2.05, 4.69) is 11.8 Å². The zero-order valence-electron chi connectivity index (χ0n) is 19.1. The van der Waals surface area contributed by atoms with Gasteiger partial charge in [0.15, 0.2) is 5.75 Å². The van der Waals surface area contributed by atoms with Gasteiger partial charge >= 0.3 is 0 Å². The lowest BCUT2D eigenvalue weighted by Gasteiger charge is -2.41. The van der Waals surface area contributed by atoms with E-state index in [9.17, 15) is 4.79 Å². The number of fused-ring (bicyclic) bond motifs is 2. The lowest BCUT2D eigenvalue weighted by Crippen LogP contribution is -2.55. The molecule has 5 rings (SSSR count). The maximum atomic E-state index is 13.1. The summed E-state index contributed by atoms with van der Waals surface area (Å²) in [6.07, 6.45) is 0. The van der Waals surface area contributed by atoms with Crippen LogP contribution in [0.3, 0.4) is 0 Å². The second-order valence-corrected chi connectivity index (χ2v) is 8.53. The van der Waals surface area contributed by atoms with Gasteiger partial charge in [-0.1, -0.05) is 24.3 Å². The molecule has 3 aromatic rings. The number of ether oxygens (including phenoxy) is 2. The monoisotopic (exact) mass is 441 g/mol. The molecule has 2 aliphatic rings. The van der Waals surface area contributed by atoms with Gasteiger partial charge in [-0.05, 0) is 61.9 Å². The summed E-state index contributed by atoms with van der Waals surface area (Å²) in [6, 6.07) is 21.3. The first-order valence-electron chi connectivity index (χ1n) is 11.2. The maximum absolute atomic E-state index is 13.1. The summed E-state index contributed by atoms with van der Waals surface area (Å²) in [5.74, 6) is 3.14. The molecule has 0 radical (unpaired) electrons. The standard InChI is InChI=1S/C27H27N3O3/c1-18-9-11-23-25(15-18)33-24-12-10-21(32-3)16-22(24)26(28-23)29-13-14-30(19(2)17-29)27(31)20-7-5-4-6-8-20/h4-12,15-16,19H,13-14,17H2,1-3H3/t19-/m1/s1. The molecule has 6 heteroatoms. The van der Waals surface area contributed by atoms with E-state index in [4.69, 9.17) is 14.5 Å². The van der Waals surface area contributed by atoms with Gasteiger partial charge in [0.25, 0.3) is 5.91 Å². The van der Waals surface area contributed by atoms with Gasteiger partial charge in [0.2, 0.25) is 0 Å². The zero-order valence-corrected chi connectivity index (χ0v) is 19.1. The number of hydrogen-bond acceptors (Lipinski definition) is 5. The first-order chi connectivity index (χ1) is 16.0. The average Bonchev–Trinajstić information content (AvgIpc) is 3.00. The Kier molecular flexibility index (Phi) is 5.50. The largest absolute Gasteiger partial charge is 0.497 e. The minimum Gasteiger partial charge on any atom is -0.497 e. The summed E-state index contributed by atoms with van der Waals surface area (Å²) in [5, 5.41) is 0. The third kappa shape index (κ3) is 4.04. The number of amides is 1. The molecule has 168 valence electrons. The summed E-state index contributed by atoms with van der Waals surface area (Å²) in [5.41, 5.74) is 3.51. The van der Waals surface area contributed by atoms with Crippen LogP contribution in [0.4, 0.5) is 5.69 Å². The van der Waals surface area contributed by atoms with E-state index in [1.165, 1.54) is 0 Å². The van der Waals surface area contributed by atoms with Gasteiger partial charge in [-0.3, -0.25) is 4.79 Å². The minimum atomic E-state index is 0.0323. The predicted molar refractivity (Wildman–Crippen MR) is 129 cm³/mol. The number of aliphatic imine (C=N–C) groups is 1. The number of aryl methyl sites for hydroxylation is 1. The van der Waals surface area contributed by atoms with Crippen molar-refractivity contribution in [2.24, 2.45) is 4.99 Å². The van der Waals surface area contributed by atoms with Gasteiger partial charge in [-0.25, -0.2) is 4.99 Å². The Balaban J connectivity index is 1.49. The van der Waals surface area contributed by atoms with Crippen LogP contribution in [0.1, 0.15) is 28.4 Å². The van der Waals surface area contributed by atoms with Crippen LogP contribution in [0.5, 0.6) is 17.2 Å². The molecular weight excluding hydrogens is 414 g/mol. The normalized spacial score (nSPS) is 17.3. The van der Waals surface area contributed by atoms with Crippen molar-refractivity contribution in [3.05, 3.63) is 83.4 Å². The third-order valence-electron chi connectivity index (χ3n) is 6.20. The molecule has 1 amide bonds. The Morgan fingerprint density at radius 1 is 1.03 bits per heavy atom. The second kappa shape index (κ2) is 8.62. The van der Waals surface area contributed by atoms with E-state index in [1.807, 2.05) is 78.6 Å². The first kappa shape index (κ1) is 21.1. The van der Waals surface area contributed by atoms with E-state index in [0.717, 1.165) is 45.5 Å². The van der Waals surface area contributed by atoms with E-state index >= 15 is 0 Å². The highest BCUT2D eigenvalue weighted by Crippen LogP contribution is 2.40. The van der Waals surface area contributed by atoms with Gasteiger partial charge in [-0.15, -0.1) is 0 Å². The summed E-state index contributed by atoms with van der Waals surface area (Å²) in [4.78, 5) is 22.3. The number of carbonyl (C=O) groups is 1. The van der Waals surface area contributed by atoms with Crippen LogP contribution < -0.4 is 9.47 Å².